The van der Waals surface area contributed by atoms with Crippen molar-refractivity contribution < 1.29 is 19.0 Å². The fourth-order valence-corrected chi connectivity index (χ4v) is 2.13. The summed E-state index contributed by atoms with van der Waals surface area (Å²) in [6.45, 7) is 0. The molecule has 0 aliphatic rings. The highest BCUT2D eigenvalue weighted by Gasteiger charge is 2.08. The third-order valence-electron chi connectivity index (χ3n) is 3.23. The van der Waals surface area contributed by atoms with Crippen molar-refractivity contribution in [2.24, 2.45) is 0 Å². The molecule has 0 heterocycles. The van der Waals surface area contributed by atoms with E-state index in [9.17, 15) is 4.79 Å². The number of carbonyl (C=O) groups excluding carboxylic acids is 1. The second-order valence-electron chi connectivity index (χ2n) is 4.60. The third kappa shape index (κ3) is 4.03. The summed E-state index contributed by atoms with van der Waals surface area (Å²) in [4.78, 5) is 12.1. The molecule has 1 amide bonds. The molecule has 2 aromatic carbocycles. The van der Waals surface area contributed by atoms with Gasteiger partial charge >= 0.3 is 0 Å². The lowest BCUT2D eigenvalue weighted by molar-refractivity contribution is -0.111. The van der Waals surface area contributed by atoms with E-state index in [0.29, 0.717) is 28.5 Å². The number of hydrogen-bond acceptors (Lipinski definition) is 4. The normalized spacial score (nSPS) is 10.4. The molecule has 2 rings (SSSR count). The minimum atomic E-state index is -0.276. The van der Waals surface area contributed by atoms with Crippen molar-refractivity contribution in [3.05, 3.63) is 54.1 Å². The predicted octanol–water partition coefficient (Wildman–Crippen LogP) is 3.36. The highest BCUT2D eigenvalue weighted by molar-refractivity contribution is 6.03. The number of para-hydroxylation sites is 2. The van der Waals surface area contributed by atoms with Crippen LogP contribution in [0.1, 0.15) is 5.56 Å². The van der Waals surface area contributed by atoms with Crippen molar-refractivity contribution in [3.8, 4) is 17.2 Å². The molecule has 5 heteroatoms. The molecule has 0 aliphatic carbocycles. The molecular weight excluding hydrogens is 294 g/mol. The molecule has 0 saturated heterocycles. The molecule has 2 aromatic rings. The molecule has 0 radical (unpaired) electrons. The molecule has 1 N–H and O–H groups in total. The summed E-state index contributed by atoms with van der Waals surface area (Å²) in [5, 5.41) is 2.77. The van der Waals surface area contributed by atoms with Crippen molar-refractivity contribution in [1.29, 1.82) is 0 Å². The second kappa shape index (κ2) is 7.89. The van der Waals surface area contributed by atoms with Gasteiger partial charge in [-0.2, -0.15) is 0 Å². The number of rotatable bonds is 6. The number of nitrogens with one attached hydrogen (secondary N) is 1. The van der Waals surface area contributed by atoms with Gasteiger partial charge in [0.05, 0.1) is 32.6 Å². The van der Waals surface area contributed by atoms with Gasteiger partial charge in [-0.05, 0) is 30.3 Å². The zero-order valence-electron chi connectivity index (χ0n) is 13.3. The molecule has 0 fully saturated rings. The number of anilines is 1. The SMILES string of the molecule is COc1ccccc1NC(=O)/C=C/c1c(OC)cccc1OC. The van der Waals surface area contributed by atoms with E-state index in [-0.39, 0.29) is 5.91 Å². The molecule has 0 bridgehead atoms. The Hall–Kier alpha value is -2.95. The first-order valence-electron chi connectivity index (χ1n) is 7.02. The van der Waals surface area contributed by atoms with Crippen molar-refractivity contribution in [2.75, 3.05) is 26.6 Å². The summed E-state index contributed by atoms with van der Waals surface area (Å²) in [6.07, 6.45) is 3.08. The quantitative estimate of drug-likeness (QED) is 0.831. The van der Waals surface area contributed by atoms with Crippen LogP contribution in [-0.2, 0) is 4.79 Å². The van der Waals surface area contributed by atoms with E-state index >= 15 is 0 Å². The van der Waals surface area contributed by atoms with Gasteiger partial charge in [0.25, 0.3) is 0 Å². The van der Waals surface area contributed by atoms with Gasteiger partial charge in [-0.3, -0.25) is 4.79 Å². The maximum absolute atomic E-state index is 12.1. The summed E-state index contributed by atoms with van der Waals surface area (Å²) >= 11 is 0. The van der Waals surface area contributed by atoms with Gasteiger partial charge in [0.1, 0.15) is 17.2 Å². The Balaban J connectivity index is 2.19. The second-order valence-corrected chi connectivity index (χ2v) is 4.60. The van der Waals surface area contributed by atoms with Crippen LogP contribution in [0.15, 0.2) is 48.5 Å². The minimum absolute atomic E-state index is 0.276. The van der Waals surface area contributed by atoms with Gasteiger partial charge in [-0.15, -0.1) is 0 Å². The summed E-state index contributed by atoms with van der Waals surface area (Å²) < 4.78 is 15.8. The predicted molar refractivity (Wildman–Crippen MR) is 90.2 cm³/mol. The van der Waals surface area contributed by atoms with E-state index in [0.717, 1.165) is 0 Å². The lowest BCUT2D eigenvalue weighted by Crippen LogP contribution is -2.08. The van der Waals surface area contributed by atoms with Crippen LogP contribution >= 0.6 is 0 Å². The molecule has 0 atom stereocenters. The van der Waals surface area contributed by atoms with Crippen molar-refractivity contribution in [3.63, 3.8) is 0 Å². The first-order chi connectivity index (χ1) is 11.2. The number of ether oxygens (including phenoxy) is 3. The topological polar surface area (TPSA) is 56.8 Å². The third-order valence-corrected chi connectivity index (χ3v) is 3.23. The lowest BCUT2D eigenvalue weighted by Gasteiger charge is -2.10. The van der Waals surface area contributed by atoms with Crippen LogP contribution < -0.4 is 19.5 Å². The average Bonchev–Trinajstić information content (AvgIpc) is 2.59. The number of benzene rings is 2. The molecular formula is C18H19NO4. The van der Waals surface area contributed by atoms with E-state index in [2.05, 4.69) is 5.32 Å². The minimum Gasteiger partial charge on any atom is -0.496 e. The summed E-state index contributed by atoms with van der Waals surface area (Å²) in [5.41, 5.74) is 1.31. The standard InChI is InChI=1S/C18H19NO4/c1-21-15-9-6-10-16(22-2)13(15)11-12-18(20)19-14-7-4-5-8-17(14)23-3/h4-12H,1-3H3,(H,19,20)/b12-11+. The van der Waals surface area contributed by atoms with Crippen LogP contribution in [0, 0.1) is 0 Å². The molecule has 0 aromatic heterocycles. The van der Waals surface area contributed by atoms with Gasteiger partial charge in [0.15, 0.2) is 0 Å². The maximum atomic E-state index is 12.1. The summed E-state index contributed by atoms with van der Waals surface area (Å²) in [7, 11) is 4.70. The fraction of sp³-hybridized carbons (Fsp3) is 0.167. The zero-order valence-corrected chi connectivity index (χ0v) is 13.3. The molecule has 0 saturated carbocycles. The monoisotopic (exact) mass is 313 g/mol. The Morgan fingerprint density at radius 2 is 1.43 bits per heavy atom. The van der Waals surface area contributed by atoms with Crippen molar-refractivity contribution in [1.82, 2.24) is 0 Å². The first kappa shape index (κ1) is 16.4. The van der Waals surface area contributed by atoms with Gasteiger partial charge in [0.2, 0.25) is 5.91 Å². The smallest absolute Gasteiger partial charge is 0.248 e. The Morgan fingerprint density at radius 1 is 0.870 bits per heavy atom. The lowest BCUT2D eigenvalue weighted by atomic mass is 10.1. The average molecular weight is 313 g/mol. The van der Waals surface area contributed by atoms with Crippen LogP contribution in [0.4, 0.5) is 5.69 Å². The number of amides is 1. The van der Waals surface area contributed by atoms with E-state index in [4.69, 9.17) is 14.2 Å². The molecule has 5 nitrogen and oxygen atoms in total. The Labute approximate surface area is 135 Å². The van der Waals surface area contributed by atoms with Crippen LogP contribution in [0.25, 0.3) is 6.08 Å². The Kier molecular flexibility index (Phi) is 5.63. The van der Waals surface area contributed by atoms with Crippen LogP contribution in [0.2, 0.25) is 0 Å². The van der Waals surface area contributed by atoms with Crippen molar-refractivity contribution in [2.45, 2.75) is 0 Å². The van der Waals surface area contributed by atoms with Crippen LogP contribution in [0.5, 0.6) is 17.2 Å². The molecule has 0 spiro atoms. The number of methoxy groups -OCH3 is 3. The van der Waals surface area contributed by atoms with Crippen LogP contribution in [0.3, 0.4) is 0 Å². The Bertz CT molecular complexity index is 688. The zero-order chi connectivity index (χ0) is 16.7. The van der Waals surface area contributed by atoms with Crippen LogP contribution in [-0.4, -0.2) is 27.2 Å². The van der Waals surface area contributed by atoms with Gasteiger partial charge in [-0.1, -0.05) is 18.2 Å². The molecule has 23 heavy (non-hydrogen) atoms. The molecule has 120 valence electrons. The van der Waals surface area contributed by atoms with E-state index < -0.39 is 0 Å². The van der Waals surface area contributed by atoms with E-state index in [1.54, 1.807) is 51.7 Å². The highest BCUT2D eigenvalue weighted by atomic mass is 16.5. The Morgan fingerprint density at radius 3 is 2.04 bits per heavy atom. The molecule has 0 unspecified atom stereocenters. The van der Waals surface area contributed by atoms with E-state index in [1.807, 2.05) is 18.2 Å². The van der Waals surface area contributed by atoms with Crippen molar-refractivity contribution >= 4 is 17.7 Å². The molecule has 0 aliphatic heterocycles. The first-order valence-corrected chi connectivity index (χ1v) is 7.02. The summed E-state index contributed by atoms with van der Waals surface area (Å²) in [6, 6.07) is 12.6. The summed E-state index contributed by atoms with van der Waals surface area (Å²) in [5.74, 6) is 1.59. The van der Waals surface area contributed by atoms with Gasteiger partial charge < -0.3 is 19.5 Å². The highest BCUT2D eigenvalue weighted by Crippen LogP contribution is 2.29. The fourth-order valence-electron chi connectivity index (χ4n) is 2.13. The van der Waals surface area contributed by atoms with E-state index in [1.165, 1.54) is 6.08 Å². The largest absolute Gasteiger partial charge is 0.496 e. The van der Waals surface area contributed by atoms with Gasteiger partial charge in [0, 0.05) is 6.08 Å². The maximum Gasteiger partial charge on any atom is 0.248 e. The number of carbonyl (C=O) groups is 1. The number of hydrogen-bond donors (Lipinski definition) is 1. The van der Waals surface area contributed by atoms with Gasteiger partial charge in [-0.25, -0.2) is 0 Å².